The molecule has 0 aliphatic heterocycles. The molecule has 0 spiro atoms. The van der Waals surface area contributed by atoms with Gasteiger partial charge < -0.3 is 14.3 Å². The Balaban J connectivity index is 2.12. The summed E-state index contributed by atoms with van der Waals surface area (Å²) in [6.07, 6.45) is 0. The van der Waals surface area contributed by atoms with Crippen molar-refractivity contribution >= 4 is 23.2 Å². The molecular formula is C16H13NO6S. The molecule has 0 unspecified atom stereocenters. The third-order valence-electron chi connectivity index (χ3n) is 2.83. The molecule has 0 bridgehead atoms. The van der Waals surface area contributed by atoms with Gasteiger partial charge in [0.15, 0.2) is 0 Å². The summed E-state index contributed by atoms with van der Waals surface area (Å²) in [5, 5.41) is 9.34. The first-order valence-corrected chi connectivity index (χ1v) is 7.22. The lowest BCUT2D eigenvalue weighted by Crippen LogP contribution is -2.09. The average Bonchev–Trinajstić information content (AvgIpc) is 2.54. The van der Waals surface area contributed by atoms with Crippen LogP contribution in [0, 0.1) is 10.1 Å². The number of hydrogen-bond acceptors (Lipinski definition) is 7. The van der Waals surface area contributed by atoms with E-state index in [1.807, 2.05) is 0 Å². The highest BCUT2D eigenvalue weighted by molar-refractivity contribution is 7.80. The van der Waals surface area contributed by atoms with Crippen LogP contribution in [0.2, 0.25) is 0 Å². The van der Waals surface area contributed by atoms with Crippen LogP contribution < -0.4 is 4.74 Å². The standard InChI is InChI=1S/C16H13NO6S/c1-11(18)22-16(24)14-4-2-3-5-15(14)23-13-8-6-12(7-9-13)10-21-17(19)20/h2-9H,10H2,1H3. The highest BCUT2D eigenvalue weighted by Crippen LogP contribution is 2.26. The molecule has 0 fully saturated rings. The van der Waals surface area contributed by atoms with Crippen molar-refractivity contribution in [3.63, 3.8) is 0 Å². The Labute approximate surface area is 142 Å². The zero-order valence-electron chi connectivity index (χ0n) is 12.6. The lowest BCUT2D eigenvalue weighted by molar-refractivity contribution is -0.763. The predicted octanol–water partition coefficient (Wildman–Crippen LogP) is 3.43. The van der Waals surface area contributed by atoms with Crippen LogP contribution >= 0.6 is 12.2 Å². The summed E-state index contributed by atoms with van der Waals surface area (Å²) in [4.78, 5) is 25.5. The van der Waals surface area contributed by atoms with Gasteiger partial charge in [0.25, 0.3) is 5.09 Å². The van der Waals surface area contributed by atoms with E-state index in [0.29, 0.717) is 22.6 Å². The van der Waals surface area contributed by atoms with Crippen molar-refractivity contribution in [3.8, 4) is 11.5 Å². The Bertz CT molecular complexity index is 759. The van der Waals surface area contributed by atoms with Crippen LogP contribution in [-0.2, 0) is 21.0 Å². The number of carbonyl (C=O) groups is 1. The number of thiocarbonyl (C=S) groups is 1. The molecule has 7 nitrogen and oxygen atoms in total. The number of nitrogens with zero attached hydrogens (tertiary/aromatic N) is 1. The van der Waals surface area contributed by atoms with Crippen molar-refractivity contribution in [3.05, 3.63) is 69.8 Å². The summed E-state index contributed by atoms with van der Waals surface area (Å²) in [5.41, 5.74) is 1.10. The van der Waals surface area contributed by atoms with Gasteiger partial charge in [-0.3, -0.25) is 4.79 Å². The van der Waals surface area contributed by atoms with Crippen molar-refractivity contribution in [2.45, 2.75) is 13.5 Å². The van der Waals surface area contributed by atoms with Crippen molar-refractivity contribution in [1.29, 1.82) is 0 Å². The second-order valence-electron chi connectivity index (χ2n) is 4.62. The molecule has 0 atom stereocenters. The molecule has 0 heterocycles. The monoisotopic (exact) mass is 347 g/mol. The van der Waals surface area contributed by atoms with E-state index in [1.54, 1.807) is 48.5 Å². The quantitative estimate of drug-likeness (QED) is 0.342. The smallest absolute Gasteiger partial charge is 0.308 e. The Hall–Kier alpha value is -3.00. The maximum absolute atomic E-state index is 11.0. The van der Waals surface area contributed by atoms with Crippen molar-refractivity contribution < 1.29 is 24.2 Å². The minimum Gasteiger partial charge on any atom is -0.457 e. The van der Waals surface area contributed by atoms with Crippen LogP contribution in [-0.4, -0.2) is 16.1 Å². The van der Waals surface area contributed by atoms with Crippen LogP contribution in [0.5, 0.6) is 11.5 Å². The predicted molar refractivity (Wildman–Crippen MR) is 88.2 cm³/mol. The van der Waals surface area contributed by atoms with Crippen LogP contribution in [0.25, 0.3) is 0 Å². The molecular weight excluding hydrogens is 334 g/mol. The summed E-state index contributed by atoms with van der Waals surface area (Å²) in [7, 11) is 0. The number of rotatable bonds is 6. The lowest BCUT2D eigenvalue weighted by Gasteiger charge is -2.11. The van der Waals surface area contributed by atoms with E-state index in [1.165, 1.54) is 6.92 Å². The average molecular weight is 347 g/mol. The van der Waals surface area contributed by atoms with Gasteiger partial charge >= 0.3 is 5.97 Å². The molecule has 0 saturated heterocycles. The Morgan fingerprint density at radius 1 is 1.17 bits per heavy atom. The molecule has 8 heteroatoms. The van der Waals surface area contributed by atoms with Crippen LogP contribution in [0.1, 0.15) is 18.1 Å². The molecule has 0 aromatic heterocycles. The van der Waals surface area contributed by atoms with Crippen LogP contribution in [0.15, 0.2) is 48.5 Å². The van der Waals surface area contributed by atoms with E-state index in [4.69, 9.17) is 21.7 Å². The molecule has 0 amide bonds. The second kappa shape index (κ2) is 8.02. The van der Waals surface area contributed by atoms with Crippen LogP contribution in [0.4, 0.5) is 0 Å². The molecule has 24 heavy (non-hydrogen) atoms. The Morgan fingerprint density at radius 2 is 1.83 bits per heavy atom. The second-order valence-corrected chi connectivity index (χ2v) is 4.99. The molecule has 0 saturated carbocycles. The van der Waals surface area contributed by atoms with E-state index < -0.39 is 11.1 Å². The van der Waals surface area contributed by atoms with Gasteiger partial charge in [-0.2, -0.15) is 0 Å². The van der Waals surface area contributed by atoms with E-state index >= 15 is 0 Å². The molecule has 0 aliphatic carbocycles. The summed E-state index contributed by atoms with van der Waals surface area (Å²) < 4.78 is 10.7. The van der Waals surface area contributed by atoms with Crippen LogP contribution in [0.3, 0.4) is 0 Å². The van der Waals surface area contributed by atoms with Crippen molar-refractivity contribution in [2.24, 2.45) is 0 Å². The fourth-order valence-corrected chi connectivity index (χ4v) is 2.10. The van der Waals surface area contributed by atoms with Crippen molar-refractivity contribution in [2.75, 3.05) is 0 Å². The van der Waals surface area contributed by atoms with Gasteiger partial charge in [0, 0.05) is 6.92 Å². The van der Waals surface area contributed by atoms with Gasteiger partial charge in [-0.05, 0) is 42.0 Å². The Morgan fingerprint density at radius 3 is 2.46 bits per heavy atom. The molecule has 2 rings (SSSR count). The first kappa shape index (κ1) is 17.4. The Kier molecular flexibility index (Phi) is 5.80. The number of benzene rings is 2. The van der Waals surface area contributed by atoms with Crippen molar-refractivity contribution in [1.82, 2.24) is 0 Å². The first-order valence-electron chi connectivity index (χ1n) is 6.81. The molecule has 0 aliphatic rings. The third kappa shape index (κ3) is 5.03. The summed E-state index contributed by atoms with van der Waals surface area (Å²) in [5.74, 6) is 0.418. The topological polar surface area (TPSA) is 87.9 Å². The highest BCUT2D eigenvalue weighted by Gasteiger charge is 2.12. The number of para-hydroxylation sites is 1. The summed E-state index contributed by atoms with van der Waals surface area (Å²) in [6, 6.07) is 13.4. The maximum Gasteiger partial charge on any atom is 0.308 e. The minimum atomic E-state index is -0.851. The minimum absolute atomic E-state index is 0.0223. The molecule has 0 N–H and O–H groups in total. The zero-order valence-corrected chi connectivity index (χ0v) is 13.4. The number of hydrogen-bond donors (Lipinski definition) is 0. The van der Waals surface area contributed by atoms with Gasteiger partial charge in [0.05, 0.1) is 5.56 Å². The van der Waals surface area contributed by atoms with E-state index in [-0.39, 0.29) is 11.7 Å². The third-order valence-corrected chi connectivity index (χ3v) is 3.13. The first-order chi connectivity index (χ1) is 11.5. The number of esters is 1. The summed E-state index contributed by atoms with van der Waals surface area (Å²) >= 11 is 5.08. The summed E-state index contributed by atoms with van der Waals surface area (Å²) in [6.45, 7) is 1.13. The normalized spacial score (nSPS) is 9.88. The zero-order chi connectivity index (χ0) is 17.5. The van der Waals surface area contributed by atoms with Gasteiger partial charge in [0.1, 0.15) is 18.1 Å². The van der Waals surface area contributed by atoms with Gasteiger partial charge in [-0.25, -0.2) is 0 Å². The van der Waals surface area contributed by atoms with E-state index in [9.17, 15) is 14.9 Å². The number of ether oxygens (including phenoxy) is 2. The molecule has 124 valence electrons. The highest BCUT2D eigenvalue weighted by atomic mass is 32.1. The maximum atomic E-state index is 11.0. The SMILES string of the molecule is CC(=O)OC(=S)c1ccccc1Oc1ccc(CO[N+](=O)[O-])cc1. The number of carbonyl (C=O) groups excluding carboxylic acids is 1. The molecule has 2 aromatic carbocycles. The fourth-order valence-electron chi connectivity index (χ4n) is 1.82. The lowest BCUT2D eigenvalue weighted by atomic mass is 10.2. The van der Waals surface area contributed by atoms with Gasteiger partial charge in [-0.1, -0.05) is 24.3 Å². The van der Waals surface area contributed by atoms with Gasteiger partial charge in [0.2, 0.25) is 5.05 Å². The van der Waals surface area contributed by atoms with E-state index in [2.05, 4.69) is 4.84 Å². The molecule has 2 aromatic rings. The largest absolute Gasteiger partial charge is 0.457 e. The van der Waals surface area contributed by atoms with Gasteiger partial charge in [-0.15, -0.1) is 10.1 Å². The fraction of sp³-hybridized carbons (Fsp3) is 0.125. The molecule has 0 radical (unpaired) electrons. The van der Waals surface area contributed by atoms with E-state index in [0.717, 1.165) is 0 Å².